The van der Waals surface area contributed by atoms with Crippen LogP contribution in [-0.2, 0) is 6.42 Å². The Kier molecular flexibility index (Phi) is 3.74. The molecule has 3 nitrogen and oxygen atoms in total. The number of methoxy groups -OCH3 is 1. The molecule has 2 bridgehead atoms. The predicted octanol–water partition coefficient (Wildman–Crippen LogP) is 2.47. The van der Waals surface area contributed by atoms with Crippen LogP contribution in [0.15, 0.2) is 24.3 Å². The van der Waals surface area contributed by atoms with Crippen LogP contribution in [0.5, 0.6) is 5.75 Å². The molecular weight excluding hydrogens is 250 g/mol. The van der Waals surface area contributed by atoms with Crippen LogP contribution in [0.4, 0.5) is 0 Å². The van der Waals surface area contributed by atoms with Gasteiger partial charge in [-0.3, -0.25) is 4.90 Å². The maximum absolute atomic E-state index is 10.5. The number of hydrogen-bond acceptors (Lipinski definition) is 3. The van der Waals surface area contributed by atoms with Crippen molar-refractivity contribution in [2.45, 2.75) is 44.2 Å². The Morgan fingerprint density at radius 2 is 2.05 bits per heavy atom. The molecule has 3 fully saturated rings. The zero-order valence-corrected chi connectivity index (χ0v) is 12.5. The van der Waals surface area contributed by atoms with Crippen LogP contribution in [0.3, 0.4) is 0 Å². The van der Waals surface area contributed by atoms with E-state index >= 15 is 0 Å². The number of piperidine rings is 2. The molecule has 0 amide bonds. The number of benzene rings is 1. The number of rotatable bonds is 4. The third-order valence-corrected chi connectivity index (χ3v) is 5.05. The standard InChI is InChI=1S/C17H25NO2/c1-17(19)11-14-5-8-16(17)18(12-14)10-9-13-3-6-15(20-2)7-4-13/h3-4,6-7,14,16,19H,5,8-12H2,1-2H3. The number of nitrogens with zero attached hydrogens (tertiary/aromatic N) is 1. The predicted molar refractivity (Wildman–Crippen MR) is 80.0 cm³/mol. The van der Waals surface area contributed by atoms with E-state index in [2.05, 4.69) is 17.0 Å². The van der Waals surface area contributed by atoms with Gasteiger partial charge >= 0.3 is 0 Å². The van der Waals surface area contributed by atoms with Crippen LogP contribution in [-0.4, -0.2) is 41.8 Å². The second-order valence-electron chi connectivity index (χ2n) is 6.61. The molecule has 1 saturated carbocycles. The first-order valence-corrected chi connectivity index (χ1v) is 7.68. The summed E-state index contributed by atoms with van der Waals surface area (Å²) >= 11 is 0. The van der Waals surface area contributed by atoms with E-state index in [1.165, 1.54) is 12.0 Å². The highest BCUT2D eigenvalue weighted by molar-refractivity contribution is 5.27. The van der Waals surface area contributed by atoms with Gasteiger partial charge in [0.05, 0.1) is 12.7 Å². The fourth-order valence-corrected chi connectivity index (χ4v) is 4.03. The van der Waals surface area contributed by atoms with E-state index in [-0.39, 0.29) is 0 Å². The van der Waals surface area contributed by atoms with E-state index in [1.54, 1.807) is 7.11 Å². The van der Waals surface area contributed by atoms with Gasteiger partial charge < -0.3 is 9.84 Å². The van der Waals surface area contributed by atoms with Crippen LogP contribution in [0.2, 0.25) is 0 Å². The number of aliphatic hydroxyl groups is 1. The van der Waals surface area contributed by atoms with Crippen molar-refractivity contribution < 1.29 is 9.84 Å². The van der Waals surface area contributed by atoms with Crippen LogP contribution in [0.25, 0.3) is 0 Å². The summed E-state index contributed by atoms with van der Waals surface area (Å²) in [6, 6.07) is 8.67. The minimum Gasteiger partial charge on any atom is -0.497 e. The van der Waals surface area contributed by atoms with Gasteiger partial charge in [0.25, 0.3) is 0 Å². The van der Waals surface area contributed by atoms with E-state index in [4.69, 9.17) is 4.74 Å². The molecule has 3 heteroatoms. The van der Waals surface area contributed by atoms with E-state index in [9.17, 15) is 5.11 Å². The largest absolute Gasteiger partial charge is 0.497 e. The summed E-state index contributed by atoms with van der Waals surface area (Å²) in [6.07, 6.45) is 4.47. The van der Waals surface area contributed by atoms with Gasteiger partial charge in [-0.15, -0.1) is 0 Å². The summed E-state index contributed by atoms with van der Waals surface area (Å²) in [5, 5.41) is 10.5. The molecule has 2 saturated heterocycles. The van der Waals surface area contributed by atoms with Crippen molar-refractivity contribution >= 4 is 0 Å². The molecule has 3 atom stereocenters. The quantitative estimate of drug-likeness (QED) is 0.916. The lowest BCUT2D eigenvalue weighted by molar-refractivity contribution is -0.119. The van der Waals surface area contributed by atoms with Gasteiger partial charge in [0.1, 0.15) is 5.75 Å². The average Bonchev–Trinajstić information content (AvgIpc) is 2.45. The normalized spacial score (nSPS) is 33.4. The number of hydrogen-bond donors (Lipinski definition) is 1. The Labute approximate surface area is 121 Å². The second-order valence-corrected chi connectivity index (χ2v) is 6.61. The van der Waals surface area contributed by atoms with Gasteiger partial charge in [0.15, 0.2) is 0 Å². The molecule has 1 N–H and O–H groups in total. The highest BCUT2D eigenvalue weighted by atomic mass is 16.5. The van der Waals surface area contributed by atoms with Gasteiger partial charge in [-0.2, -0.15) is 0 Å². The number of ether oxygens (including phenoxy) is 1. The molecule has 0 spiro atoms. The fraction of sp³-hybridized carbons (Fsp3) is 0.647. The molecule has 110 valence electrons. The van der Waals surface area contributed by atoms with E-state index in [0.29, 0.717) is 12.0 Å². The molecular formula is C17H25NO2. The summed E-state index contributed by atoms with van der Waals surface area (Å²) in [7, 11) is 1.70. The maximum atomic E-state index is 10.5. The summed E-state index contributed by atoms with van der Waals surface area (Å²) < 4.78 is 5.19. The van der Waals surface area contributed by atoms with Gasteiger partial charge in [-0.1, -0.05) is 12.1 Å². The number of fused-ring (bicyclic) bond motifs is 3. The lowest BCUT2D eigenvalue weighted by Crippen LogP contribution is -2.61. The topological polar surface area (TPSA) is 32.7 Å². The minimum absolute atomic E-state index is 0.353. The fourth-order valence-electron chi connectivity index (χ4n) is 4.03. The monoisotopic (exact) mass is 275 g/mol. The maximum Gasteiger partial charge on any atom is 0.118 e. The van der Waals surface area contributed by atoms with Gasteiger partial charge in [-0.25, -0.2) is 0 Å². The molecule has 1 aromatic rings. The Balaban J connectivity index is 1.60. The van der Waals surface area contributed by atoms with Gasteiger partial charge in [-0.05, 0) is 56.2 Å². The molecule has 0 radical (unpaired) electrons. The summed E-state index contributed by atoms with van der Waals surface area (Å²) in [4.78, 5) is 2.50. The van der Waals surface area contributed by atoms with E-state index in [0.717, 1.165) is 38.1 Å². The Hall–Kier alpha value is -1.06. The lowest BCUT2D eigenvalue weighted by Gasteiger charge is -2.53. The molecule has 1 aliphatic carbocycles. The van der Waals surface area contributed by atoms with Gasteiger partial charge in [0.2, 0.25) is 0 Å². The minimum atomic E-state index is -0.485. The third-order valence-electron chi connectivity index (χ3n) is 5.05. The third kappa shape index (κ3) is 2.70. The zero-order chi connectivity index (χ0) is 14.2. The lowest BCUT2D eigenvalue weighted by atomic mass is 9.70. The molecule has 3 aliphatic rings. The molecule has 20 heavy (non-hydrogen) atoms. The van der Waals surface area contributed by atoms with Crippen LogP contribution >= 0.6 is 0 Å². The molecule has 2 heterocycles. The van der Waals surface area contributed by atoms with Crippen LogP contribution < -0.4 is 4.74 Å². The average molecular weight is 275 g/mol. The Bertz CT molecular complexity index is 455. The molecule has 3 unspecified atom stereocenters. The van der Waals surface area contributed by atoms with E-state index in [1.807, 2.05) is 19.1 Å². The van der Waals surface area contributed by atoms with Crippen molar-refractivity contribution in [2.75, 3.05) is 20.2 Å². The smallest absolute Gasteiger partial charge is 0.118 e. The Morgan fingerprint density at radius 1 is 1.30 bits per heavy atom. The summed E-state index contributed by atoms with van der Waals surface area (Å²) in [5.41, 5.74) is 0.855. The van der Waals surface area contributed by atoms with Crippen molar-refractivity contribution in [1.82, 2.24) is 4.90 Å². The Morgan fingerprint density at radius 3 is 2.65 bits per heavy atom. The highest BCUT2D eigenvalue weighted by Crippen LogP contribution is 2.41. The molecule has 2 aliphatic heterocycles. The zero-order valence-electron chi connectivity index (χ0n) is 12.5. The van der Waals surface area contributed by atoms with Crippen molar-refractivity contribution in [3.8, 4) is 5.75 Å². The molecule has 1 aromatic carbocycles. The summed E-state index contributed by atoms with van der Waals surface area (Å²) in [6.45, 7) is 4.23. The van der Waals surface area contributed by atoms with Crippen molar-refractivity contribution in [3.05, 3.63) is 29.8 Å². The van der Waals surface area contributed by atoms with Crippen LogP contribution in [0, 0.1) is 5.92 Å². The first-order valence-electron chi connectivity index (χ1n) is 7.68. The summed E-state index contributed by atoms with van der Waals surface area (Å²) in [5.74, 6) is 1.60. The van der Waals surface area contributed by atoms with Gasteiger partial charge in [0, 0.05) is 19.1 Å². The van der Waals surface area contributed by atoms with Crippen molar-refractivity contribution in [3.63, 3.8) is 0 Å². The second kappa shape index (κ2) is 5.38. The van der Waals surface area contributed by atoms with Crippen molar-refractivity contribution in [1.29, 1.82) is 0 Å². The highest BCUT2D eigenvalue weighted by Gasteiger charge is 2.46. The first kappa shape index (κ1) is 13.9. The van der Waals surface area contributed by atoms with E-state index < -0.39 is 5.60 Å². The SMILES string of the molecule is COc1ccc(CCN2CC3CCC2C(C)(O)C3)cc1. The first-order chi connectivity index (χ1) is 9.58. The van der Waals surface area contributed by atoms with Crippen molar-refractivity contribution in [2.24, 2.45) is 5.92 Å². The van der Waals surface area contributed by atoms with Crippen LogP contribution in [0.1, 0.15) is 31.7 Å². The molecule has 0 aromatic heterocycles. The molecule has 4 rings (SSSR count).